The van der Waals surface area contributed by atoms with Crippen LogP contribution in [0.1, 0.15) is 31.4 Å². The van der Waals surface area contributed by atoms with Crippen LogP contribution in [0.25, 0.3) is 0 Å². The maximum atomic E-state index is 11.7. The SMILES string of the molecule is NC1(c2cc3n(n2)CCS3(=O)=O)CCCC1. The van der Waals surface area contributed by atoms with Crippen LogP contribution in [-0.2, 0) is 21.9 Å². The van der Waals surface area contributed by atoms with Crippen molar-refractivity contribution < 1.29 is 8.42 Å². The van der Waals surface area contributed by atoms with Crippen molar-refractivity contribution in [2.24, 2.45) is 5.73 Å². The first-order valence-corrected chi connectivity index (χ1v) is 7.26. The van der Waals surface area contributed by atoms with Gasteiger partial charge in [-0.1, -0.05) is 12.8 Å². The molecule has 0 aromatic carbocycles. The van der Waals surface area contributed by atoms with Gasteiger partial charge in [-0.05, 0) is 12.8 Å². The van der Waals surface area contributed by atoms with Crippen molar-refractivity contribution in [3.8, 4) is 0 Å². The number of hydrogen-bond donors (Lipinski definition) is 1. The molecule has 88 valence electrons. The van der Waals surface area contributed by atoms with Crippen molar-refractivity contribution in [2.45, 2.75) is 42.8 Å². The second-order valence-corrected chi connectivity index (χ2v) is 6.83. The molecular weight excluding hydrogens is 226 g/mol. The summed E-state index contributed by atoms with van der Waals surface area (Å²) in [6, 6.07) is 1.67. The molecule has 1 aliphatic heterocycles. The van der Waals surface area contributed by atoms with Gasteiger partial charge >= 0.3 is 0 Å². The molecule has 1 aromatic rings. The van der Waals surface area contributed by atoms with Gasteiger partial charge in [-0.2, -0.15) is 5.10 Å². The number of rotatable bonds is 1. The van der Waals surface area contributed by atoms with Gasteiger partial charge in [-0.25, -0.2) is 8.42 Å². The average Bonchev–Trinajstić information content (AvgIpc) is 2.85. The van der Waals surface area contributed by atoms with Crippen LogP contribution in [0.4, 0.5) is 0 Å². The topological polar surface area (TPSA) is 78.0 Å². The van der Waals surface area contributed by atoms with E-state index in [2.05, 4.69) is 5.10 Å². The fraction of sp³-hybridized carbons (Fsp3) is 0.700. The Morgan fingerprint density at radius 2 is 2.06 bits per heavy atom. The first-order valence-electron chi connectivity index (χ1n) is 5.61. The predicted molar refractivity (Wildman–Crippen MR) is 58.6 cm³/mol. The van der Waals surface area contributed by atoms with E-state index >= 15 is 0 Å². The normalized spacial score (nSPS) is 25.8. The Morgan fingerprint density at radius 1 is 1.38 bits per heavy atom. The van der Waals surface area contributed by atoms with Gasteiger partial charge in [0.2, 0.25) is 0 Å². The van der Waals surface area contributed by atoms with Gasteiger partial charge in [-0.15, -0.1) is 0 Å². The molecule has 0 bridgehead atoms. The van der Waals surface area contributed by atoms with E-state index in [0.29, 0.717) is 11.6 Å². The van der Waals surface area contributed by atoms with Crippen molar-refractivity contribution in [1.82, 2.24) is 9.78 Å². The van der Waals surface area contributed by atoms with Gasteiger partial charge in [0.15, 0.2) is 14.9 Å². The molecule has 1 aromatic heterocycles. The zero-order valence-electron chi connectivity index (χ0n) is 9.02. The molecular formula is C10H15N3O2S. The predicted octanol–water partition coefficient (Wildman–Crippen LogP) is 0.398. The lowest BCUT2D eigenvalue weighted by Crippen LogP contribution is -2.33. The quantitative estimate of drug-likeness (QED) is 0.772. The fourth-order valence-electron chi connectivity index (χ4n) is 2.63. The average molecular weight is 241 g/mol. The Hall–Kier alpha value is -0.880. The highest BCUT2D eigenvalue weighted by Crippen LogP contribution is 2.37. The maximum absolute atomic E-state index is 11.7. The molecule has 1 saturated carbocycles. The summed E-state index contributed by atoms with van der Waals surface area (Å²) in [7, 11) is -3.10. The molecule has 0 saturated heterocycles. The van der Waals surface area contributed by atoms with Crippen LogP contribution >= 0.6 is 0 Å². The summed E-state index contributed by atoms with van der Waals surface area (Å²) in [6.07, 6.45) is 4.02. The maximum Gasteiger partial charge on any atom is 0.197 e. The number of sulfone groups is 1. The standard InChI is InChI=1S/C10H15N3O2S/c11-10(3-1-2-4-10)8-7-9-13(12-8)5-6-16(9,14)15/h7H,1-6,11H2. The van der Waals surface area contributed by atoms with E-state index in [1.165, 1.54) is 0 Å². The summed E-state index contributed by atoms with van der Waals surface area (Å²) < 4.78 is 24.9. The lowest BCUT2D eigenvalue weighted by atomic mass is 9.95. The Balaban J connectivity index is 2.07. The van der Waals surface area contributed by atoms with Crippen molar-refractivity contribution in [3.63, 3.8) is 0 Å². The molecule has 2 aliphatic rings. The van der Waals surface area contributed by atoms with Crippen molar-refractivity contribution >= 4 is 9.84 Å². The zero-order chi connectivity index (χ0) is 11.4. The zero-order valence-corrected chi connectivity index (χ0v) is 9.83. The smallest absolute Gasteiger partial charge is 0.197 e. The largest absolute Gasteiger partial charge is 0.320 e. The van der Waals surface area contributed by atoms with Crippen LogP contribution in [0, 0.1) is 0 Å². The molecule has 0 atom stereocenters. The van der Waals surface area contributed by atoms with Crippen LogP contribution in [0.5, 0.6) is 0 Å². The molecule has 1 aliphatic carbocycles. The summed E-state index contributed by atoms with van der Waals surface area (Å²) >= 11 is 0. The van der Waals surface area contributed by atoms with Crippen molar-refractivity contribution in [2.75, 3.05) is 5.75 Å². The number of aromatic nitrogens is 2. The lowest BCUT2D eigenvalue weighted by Gasteiger charge is -2.20. The van der Waals surface area contributed by atoms with Crippen molar-refractivity contribution in [3.05, 3.63) is 11.8 Å². The monoisotopic (exact) mass is 241 g/mol. The Labute approximate surface area is 94.5 Å². The highest BCUT2D eigenvalue weighted by molar-refractivity contribution is 7.91. The van der Waals surface area contributed by atoms with E-state index < -0.39 is 15.4 Å². The molecule has 2 N–H and O–H groups in total. The van der Waals surface area contributed by atoms with Crippen LogP contribution < -0.4 is 5.73 Å². The molecule has 0 unspecified atom stereocenters. The molecule has 0 amide bonds. The number of aryl methyl sites for hydroxylation is 1. The fourth-order valence-corrected chi connectivity index (χ4v) is 3.99. The van der Waals surface area contributed by atoms with Gasteiger partial charge < -0.3 is 5.73 Å². The summed E-state index contributed by atoms with van der Waals surface area (Å²) in [6.45, 7) is 0.466. The van der Waals surface area contributed by atoms with E-state index in [1.54, 1.807) is 10.7 Å². The van der Waals surface area contributed by atoms with Gasteiger partial charge in [-0.3, -0.25) is 4.68 Å². The third-order valence-electron chi connectivity index (χ3n) is 3.64. The Kier molecular flexibility index (Phi) is 1.98. The Morgan fingerprint density at radius 3 is 2.69 bits per heavy atom. The minimum absolute atomic E-state index is 0.174. The van der Waals surface area contributed by atoms with Gasteiger partial charge in [0.25, 0.3) is 0 Å². The summed E-state index contributed by atoms with van der Waals surface area (Å²) in [5.74, 6) is 0.174. The summed E-state index contributed by atoms with van der Waals surface area (Å²) in [5, 5.41) is 4.70. The van der Waals surface area contributed by atoms with Crippen LogP contribution in [0.15, 0.2) is 11.1 Å². The van der Waals surface area contributed by atoms with Gasteiger partial charge in [0.1, 0.15) is 0 Å². The third-order valence-corrected chi connectivity index (χ3v) is 5.33. The number of hydrogen-bond acceptors (Lipinski definition) is 4. The van der Waals surface area contributed by atoms with Crippen LogP contribution in [0.3, 0.4) is 0 Å². The Bertz CT molecular complexity index is 526. The summed E-state index contributed by atoms with van der Waals surface area (Å²) in [5.41, 5.74) is 6.62. The highest BCUT2D eigenvalue weighted by Gasteiger charge is 2.37. The van der Waals surface area contributed by atoms with Gasteiger partial charge in [0.05, 0.1) is 23.5 Å². The van der Waals surface area contributed by atoms with E-state index in [4.69, 9.17) is 5.73 Å². The molecule has 2 heterocycles. The van der Waals surface area contributed by atoms with Crippen LogP contribution in [-0.4, -0.2) is 24.0 Å². The molecule has 5 nitrogen and oxygen atoms in total. The van der Waals surface area contributed by atoms with E-state index in [-0.39, 0.29) is 5.75 Å². The number of fused-ring (bicyclic) bond motifs is 1. The first kappa shape index (κ1) is 10.3. The summed E-state index contributed by atoms with van der Waals surface area (Å²) in [4.78, 5) is 0. The molecule has 3 rings (SSSR count). The minimum atomic E-state index is -3.10. The van der Waals surface area contributed by atoms with E-state index in [1.807, 2.05) is 0 Å². The first-order chi connectivity index (χ1) is 7.51. The molecule has 16 heavy (non-hydrogen) atoms. The molecule has 0 radical (unpaired) electrons. The van der Waals surface area contributed by atoms with E-state index in [0.717, 1.165) is 31.4 Å². The molecule has 6 heteroatoms. The third kappa shape index (κ3) is 1.33. The number of nitrogens with zero attached hydrogens (tertiary/aromatic N) is 2. The van der Waals surface area contributed by atoms with E-state index in [9.17, 15) is 8.42 Å². The second-order valence-electron chi connectivity index (χ2n) is 4.77. The molecule has 0 spiro atoms. The molecule has 1 fully saturated rings. The number of nitrogens with two attached hydrogens (primary N) is 1. The van der Waals surface area contributed by atoms with Gasteiger partial charge in [0, 0.05) is 6.07 Å². The minimum Gasteiger partial charge on any atom is -0.320 e. The highest BCUT2D eigenvalue weighted by atomic mass is 32.2. The van der Waals surface area contributed by atoms with Crippen molar-refractivity contribution in [1.29, 1.82) is 0 Å². The second kappa shape index (κ2) is 3.07. The van der Waals surface area contributed by atoms with Crippen LogP contribution in [0.2, 0.25) is 0 Å². The lowest BCUT2D eigenvalue weighted by molar-refractivity contribution is 0.437.